The van der Waals surface area contributed by atoms with E-state index >= 15 is 0 Å². The number of carbonyl (C=O) groups excluding carboxylic acids is 1. The minimum Gasteiger partial charge on any atom is -0.465 e. The number of esters is 1. The van der Waals surface area contributed by atoms with Crippen molar-refractivity contribution in [3.8, 4) is 0 Å². The van der Waals surface area contributed by atoms with Crippen LogP contribution in [0.5, 0.6) is 0 Å². The van der Waals surface area contributed by atoms with Gasteiger partial charge in [-0.2, -0.15) is 0 Å². The first-order valence-corrected chi connectivity index (χ1v) is 7.33. The Morgan fingerprint density at radius 2 is 1.86 bits per heavy atom. The van der Waals surface area contributed by atoms with Gasteiger partial charge in [-0.25, -0.2) is 4.79 Å². The summed E-state index contributed by atoms with van der Waals surface area (Å²) in [5.41, 5.74) is 1.74. The molecule has 0 aliphatic carbocycles. The second-order valence-electron chi connectivity index (χ2n) is 4.72. The van der Waals surface area contributed by atoms with E-state index in [0.29, 0.717) is 5.56 Å². The number of methoxy groups -OCH3 is 1. The molecule has 0 fully saturated rings. The van der Waals surface area contributed by atoms with Crippen LogP contribution >= 0.6 is 0 Å². The predicted molar refractivity (Wildman–Crippen MR) is 85.8 cm³/mol. The van der Waals surface area contributed by atoms with Gasteiger partial charge < -0.3 is 15.4 Å². The number of ether oxygens (including phenoxy) is 1. The molecule has 1 rings (SSSR count). The van der Waals surface area contributed by atoms with Crippen LogP contribution in [-0.2, 0) is 11.2 Å². The summed E-state index contributed by atoms with van der Waals surface area (Å²) >= 11 is 0. The molecule has 0 aliphatic heterocycles. The van der Waals surface area contributed by atoms with E-state index in [1.165, 1.54) is 12.7 Å². The number of aliphatic imine (C=N–C) groups is 1. The standard InChI is InChI=1S/C16H25N3O2/c1-4-5-11-18-16(17-2)19-12-10-13-6-8-14(9-7-13)15(20)21-3/h6-9H,4-5,10-12H2,1-3H3,(H2,17,18,19). The van der Waals surface area contributed by atoms with Crippen LogP contribution in [0.2, 0.25) is 0 Å². The highest BCUT2D eigenvalue weighted by Crippen LogP contribution is 2.06. The number of nitrogens with zero attached hydrogens (tertiary/aromatic N) is 1. The third-order valence-electron chi connectivity index (χ3n) is 3.13. The Morgan fingerprint density at radius 1 is 1.19 bits per heavy atom. The normalized spacial score (nSPS) is 11.1. The van der Waals surface area contributed by atoms with Crippen LogP contribution in [0.4, 0.5) is 0 Å². The monoisotopic (exact) mass is 291 g/mol. The Labute approximate surface area is 126 Å². The first-order valence-electron chi connectivity index (χ1n) is 7.33. The zero-order chi connectivity index (χ0) is 15.5. The van der Waals surface area contributed by atoms with Crippen molar-refractivity contribution < 1.29 is 9.53 Å². The van der Waals surface area contributed by atoms with Gasteiger partial charge in [0.15, 0.2) is 5.96 Å². The molecule has 5 heteroatoms. The summed E-state index contributed by atoms with van der Waals surface area (Å²) in [6.45, 7) is 3.89. The number of rotatable bonds is 7. The van der Waals surface area contributed by atoms with E-state index in [2.05, 4.69) is 27.3 Å². The van der Waals surface area contributed by atoms with Crippen molar-refractivity contribution in [2.24, 2.45) is 4.99 Å². The summed E-state index contributed by atoms with van der Waals surface area (Å²) in [4.78, 5) is 15.5. The highest BCUT2D eigenvalue weighted by atomic mass is 16.5. The van der Waals surface area contributed by atoms with Crippen LogP contribution in [-0.4, -0.2) is 39.2 Å². The maximum Gasteiger partial charge on any atom is 0.337 e. The van der Waals surface area contributed by atoms with Crippen LogP contribution in [0.15, 0.2) is 29.3 Å². The number of hydrogen-bond donors (Lipinski definition) is 2. The molecule has 0 aromatic heterocycles. The Bertz CT molecular complexity index is 455. The lowest BCUT2D eigenvalue weighted by Gasteiger charge is -2.11. The van der Waals surface area contributed by atoms with Gasteiger partial charge in [0.1, 0.15) is 0 Å². The molecule has 1 aromatic carbocycles. The van der Waals surface area contributed by atoms with Gasteiger partial charge >= 0.3 is 5.97 Å². The number of guanidine groups is 1. The lowest BCUT2D eigenvalue weighted by molar-refractivity contribution is 0.0600. The van der Waals surface area contributed by atoms with Crippen LogP contribution in [0.1, 0.15) is 35.7 Å². The average Bonchev–Trinajstić information content (AvgIpc) is 2.53. The molecule has 0 heterocycles. The fraction of sp³-hybridized carbons (Fsp3) is 0.500. The van der Waals surface area contributed by atoms with Crippen molar-refractivity contribution in [3.63, 3.8) is 0 Å². The molecule has 0 aliphatic rings. The highest BCUT2D eigenvalue weighted by Gasteiger charge is 2.04. The van der Waals surface area contributed by atoms with Crippen LogP contribution < -0.4 is 10.6 Å². The SMILES string of the molecule is CCCCNC(=NC)NCCc1ccc(C(=O)OC)cc1. The number of hydrogen-bond acceptors (Lipinski definition) is 3. The minimum atomic E-state index is -0.305. The molecule has 0 unspecified atom stereocenters. The first kappa shape index (κ1) is 17.0. The van der Waals surface area contributed by atoms with Gasteiger partial charge in [-0.15, -0.1) is 0 Å². The van der Waals surface area contributed by atoms with Crippen molar-refractivity contribution in [3.05, 3.63) is 35.4 Å². The molecule has 0 saturated carbocycles. The molecule has 5 nitrogen and oxygen atoms in total. The largest absolute Gasteiger partial charge is 0.465 e. The van der Waals surface area contributed by atoms with E-state index in [0.717, 1.165) is 38.3 Å². The summed E-state index contributed by atoms with van der Waals surface area (Å²) in [7, 11) is 3.16. The molecular formula is C16H25N3O2. The van der Waals surface area contributed by atoms with E-state index < -0.39 is 0 Å². The van der Waals surface area contributed by atoms with Crippen molar-refractivity contribution >= 4 is 11.9 Å². The fourth-order valence-electron chi connectivity index (χ4n) is 1.85. The van der Waals surface area contributed by atoms with E-state index in [1.807, 2.05) is 12.1 Å². The lowest BCUT2D eigenvalue weighted by Crippen LogP contribution is -2.38. The van der Waals surface area contributed by atoms with Gasteiger partial charge in [0.2, 0.25) is 0 Å². The van der Waals surface area contributed by atoms with Gasteiger partial charge in [-0.1, -0.05) is 25.5 Å². The molecule has 2 N–H and O–H groups in total. The van der Waals surface area contributed by atoms with Gasteiger partial charge in [0.25, 0.3) is 0 Å². The van der Waals surface area contributed by atoms with Crippen molar-refractivity contribution in [2.45, 2.75) is 26.2 Å². The Kier molecular flexibility index (Phi) is 7.94. The lowest BCUT2D eigenvalue weighted by atomic mass is 10.1. The molecule has 0 atom stereocenters. The number of carbonyl (C=O) groups is 1. The van der Waals surface area contributed by atoms with Gasteiger partial charge in [-0.05, 0) is 30.5 Å². The molecule has 0 saturated heterocycles. The topological polar surface area (TPSA) is 62.7 Å². The Hall–Kier alpha value is -2.04. The average molecular weight is 291 g/mol. The van der Waals surface area contributed by atoms with Gasteiger partial charge in [0, 0.05) is 20.1 Å². The smallest absolute Gasteiger partial charge is 0.337 e. The molecule has 21 heavy (non-hydrogen) atoms. The maximum atomic E-state index is 11.3. The summed E-state index contributed by atoms with van der Waals surface area (Å²) < 4.78 is 4.67. The second-order valence-corrected chi connectivity index (χ2v) is 4.72. The van der Waals surface area contributed by atoms with Crippen LogP contribution in [0.3, 0.4) is 0 Å². The summed E-state index contributed by atoms with van der Waals surface area (Å²) in [5, 5.41) is 6.54. The third-order valence-corrected chi connectivity index (χ3v) is 3.13. The molecule has 0 spiro atoms. The fourth-order valence-corrected chi connectivity index (χ4v) is 1.85. The van der Waals surface area contributed by atoms with E-state index in [1.54, 1.807) is 19.2 Å². The summed E-state index contributed by atoms with van der Waals surface area (Å²) in [6.07, 6.45) is 3.17. The zero-order valence-corrected chi connectivity index (χ0v) is 13.1. The van der Waals surface area contributed by atoms with Crippen molar-refractivity contribution in [1.82, 2.24) is 10.6 Å². The molecule has 0 bridgehead atoms. The Morgan fingerprint density at radius 3 is 2.43 bits per heavy atom. The van der Waals surface area contributed by atoms with Crippen LogP contribution in [0, 0.1) is 0 Å². The molecule has 1 aromatic rings. The minimum absolute atomic E-state index is 0.305. The third kappa shape index (κ3) is 6.29. The predicted octanol–water partition coefficient (Wildman–Crippen LogP) is 1.98. The summed E-state index contributed by atoms with van der Waals surface area (Å²) in [5.74, 6) is 0.523. The molecule has 0 radical (unpaired) electrons. The number of unbranched alkanes of at least 4 members (excludes halogenated alkanes) is 1. The molecule has 116 valence electrons. The van der Waals surface area contributed by atoms with Gasteiger partial charge in [0.05, 0.1) is 12.7 Å². The van der Waals surface area contributed by atoms with Gasteiger partial charge in [-0.3, -0.25) is 4.99 Å². The highest BCUT2D eigenvalue weighted by molar-refractivity contribution is 5.89. The van der Waals surface area contributed by atoms with E-state index in [4.69, 9.17) is 0 Å². The molecular weight excluding hydrogens is 266 g/mol. The first-order chi connectivity index (χ1) is 10.2. The van der Waals surface area contributed by atoms with Crippen molar-refractivity contribution in [1.29, 1.82) is 0 Å². The molecule has 0 amide bonds. The second kappa shape index (κ2) is 9.80. The quantitative estimate of drug-likeness (QED) is 0.349. The van der Waals surface area contributed by atoms with E-state index in [9.17, 15) is 4.79 Å². The number of benzene rings is 1. The maximum absolute atomic E-state index is 11.3. The number of nitrogens with one attached hydrogen (secondary N) is 2. The van der Waals surface area contributed by atoms with Crippen LogP contribution in [0.25, 0.3) is 0 Å². The van der Waals surface area contributed by atoms with Crippen molar-refractivity contribution in [2.75, 3.05) is 27.2 Å². The van der Waals surface area contributed by atoms with E-state index in [-0.39, 0.29) is 5.97 Å². The Balaban J connectivity index is 2.36. The summed E-state index contributed by atoms with van der Waals surface area (Å²) in [6, 6.07) is 7.47. The zero-order valence-electron chi connectivity index (χ0n) is 13.1.